The Morgan fingerprint density at radius 3 is 2.81 bits per heavy atom. The summed E-state index contributed by atoms with van der Waals surface area (Å²) in [5, 5.41) is 10.5. The molecular formula is C28H38ClFN5O2+. The number of nitrogens with zero attached hydrogens (tertiary/aromatic N) is 2. The van der Waals surface area contributed by atoms with Crippen molar-refractivity contribution in [3.8, 4) is 0 Å². The molecule has 1 aromatic heterocycles. The van der Waals surface area contributed by atoms with Crippen molar-refractivity contribution < 1.29 is 14.0 Å². The second-order valence-electron chi connectivity index (χ2n) is 10.2. The van der Waals surface area contributed by atoms with E-state index in [9.17, 15) is 9.30 Å². The van der Waals surface area contributed by atoms with Gasteiger partial charge in [0, 0.05) is 30.1 Å². The SMILES string of the molecule is C=C(/C(=C\C=C/CC)OC1CCC(c2cc(Nc3ccc4c(c3F)CN[N+]4=O)n[nH]2)C1)C(C)(C)C.CCl. The molecule has 7 nitrogen and oxygen atoms in total. The molecule has 37 heavy (non-hydrogen) atoms. The Kier molecular flexibility index (Phi) is 9.54. The Bertz CT molecular complexity index is 1180. The van der Waals surface area contributed by atoms with Gasteiger partial charge in [0.05, 0.1) is 22.3 Å². The zero-order chi connectivity index (χ0) is 27.2. The fourth-order valence-electron chi connectivity index (χ4n) is 4.43. The first-order chi connectivity index (χ1) is 17.7. The lowest BCUT2D eigenvalue weighted by Gasteiger charge is -2.26. The molecule has 2 atom stereocenters. The van der Waals surface area contributed by atoms with E-state index >= 15 is 0 Å². The van der Waals surface area contributed by atoms with Crippen LogP contribution in [0.4, 0.5) is 21.6 Å². The number of allylic oxidation sites excluding steroid dienone is 4. The summed E-state index contributed by atoms with van der Waals surface area (Å²) in [4.78, 5) is 12.3. The number of hydrogen-bond donors (Lipinski definition) is 3. The van der Waals surface area contributed by atoms with E-state index in [4.69, 9.17) is 4.74 Å². The highest BCUT2D eigenvalue weighted by molar-refractivity contribution is 6.15. The topological polar surface area (TPSA) is 82.0 Å². The third-order valence-corrected chi connectivity index (χ3v) is 6.64. The minimum atomic E-state index is -0.442. The number of rotatable bonds is 8. The van der Waals surface area contributed by atoms with Crippen LogP contribution in [0.5, 0.6) is 0 Å². The van der Waals surface area contributed by atoms with Crippen molar-refractivity contribution in [2.45, 2.75) is 71.9 Å². The molecule has 2 aromatic rings. The summed E-state index contributed by atoms with van der Waals surface area (Å²) >= 11 is 4.64. The highest BCUT2D eigenvalue weighted by Gasteiger charge is 2.33. The van der Waals surface area contributed by atoms with E-state index in [-0.39, 0.29) is 24.0 Å². The van der Waals surface area contributed by atoms with Crippen molar-refractivity contribution in [2.75, 3.05) is 11.7 Å². The lowest BCUT2D eigenvalue weighted by atomic mass is 9.86. The third kappa shape index (κ3) is 6.80. The minimum absolute atomic E-state index is 0.0806. The largest absolute Gasteiger partial charge is 0.490 e. The van der Waals surface area contributed by atoms with Crippen LogP contribution in [0.25, 0.3) is 0 Å². The van der Waals surface area contributed by atoms with Crippen LogP contribution in [0.2, 0.25) is 0 Å². The molecule has 1 saturated carbocycles. The number of anilines is 2. The average Bonchev–Trinajstić information content (AvgIpc) is 3.61. The fraction of sp³-hybridized carbons (Fsp3) is 0.464. The molecule has 1 fully saturated rings. The van der Waals surface area contributed by atoms with Gasteiger partial charge in [0.1, 0.15) is 12.3 Å². The molecule has 1 aliphatic carbocycles. The molecule has 0 amide bonds. The molecule has 1 aromatic carbocycles. The van der Waals surface area contributed by atoms with Gasteiger partial charge in [0.25, 0.3) is 5.69 Å². The van der Waals surface area contributed by atoms with Crippen LogP contribution in [0.15, 0.2) is 54.3 Å². The Morgan fingerprint density at radius 2 is 2.11 bits per heavy atom. The van der Waals surface area contributed by atoms with Crippen LogP contribution in [-0.4, -0.2) is 27.6 Å². The number of aromatic nitrogens is 2. The van der Waals surface area contributed by atoms with Crippen molar-refractivity contribution >= 4 is 28.8 Å². The predicted molar refractivity (Wildman–Crippen MR) is 148 cm³/mol. The maximum Gasteiger partial charge on any atom is 0.300 e. The molecule has 0 spiro atoms. The first kappa shape index (κ1) is 28.4. The molecule has 4 rings (SSSR count). The van der Waals surface area contributed by atoms with E-state index in [1.54, 1.807) is 12.1 Å². The monoisotopic (exact) mass is 530 g/mol. The lowest BCUT2D eigenvalue weighted by molar-refractivity contribution is -0.519. The number of fused-ring (bicyclic) bond motifs is 1. The standard InChI is InChI=1S/C27H35FN5O2.CH3Cl/c1-6-7-8-9-24(17(2)27(3,4)5)35-19-11-10-18(14-19)22-15-25(32-31-22)30-21-12-13-23-20(26(21)28)16-29-33(23)34;1-2/h7-9,12-13,15,18-19H,2,6,10-11,14,16H2,1,3-5H3,(H,29,34)(H2,30,31,32);1H3/q+1;/b8-7-,24-9+;. The number of H-pyrrole nitrogens is 1. The van der Waals surface area contributed by atoms with Gasteiger partial charge in [-0.25, -0.2) is 4.39 Å². The molecule has 1 aliphatic heterocycles. The predicted octanol–water partition coefficient (Wildman–Crippen LogP) is 7.68. The Balaban J connectivity index is 0.00000186. The first-order valence-electron chi connectivity index (χ1n) is 12.6. The van der Waals surface area contributed by atoms with Gasteiger partial charge in [-0.15, -0.1) is 17.0 Å². The smallest absolute Gasteiger partial charge is 0.300 e. The van der Waals surface area contributed by atoms with Gasteiger partial charge in [-0.2, -0.15) is 5.10 Å². The van der Waals surface area contributed by atoms with Gasteiger partial charge in [-0.05, 0) is 48.8 Å². The van der Waals surface area contributed by atoms with Crippen molar-refractivity contribution in [3.63, 3.8) is 0 Å². The zero-order valence-corrected chi connectivity index (χ0v) is 23.1. The number of alkyl halides is 1. The number of ether oxygens (including phenoxy) is 1. The van der Waals surface area contributed by atoms with Gasteiger partial charge in [-0.3, -0.25) is 5.10 Å². The van der Waals surface area contributed by atoms with Crippen LogP contribution >= 0.6 is 11.6 Å². The van der Waals surface area contributed by atoms with Crippen molar-refractivity contribution in [2.24, 2.45) is 5.41 Å². The van der Waals surface area contributed by atoms with Crippen LogP contribution in [0, 0.1) is 16.1 Å². The molecular weight excluding hydrogens is 493 g/mol. The number of aromatic amines is 1. The molecule has 9 heteroatoms. The van der Waals surface area contributed by atoms with Crippen molar-refractivity contribution in [1.82, 2.24) is 15.6 Å². The van der Waals surface area contributed by atoms with Crippen LogP contribution in [0.1, 0.15) is 70.6 Å². The zero-order valence-electron chi connectivity index (χ0n) is 22.3. The van der Waals surface area contributed by atoms with E-state index in [1.165, 1.54) is 6.38 Å². The van der Waals surface area contributed by atoms with E-state index in [2.05, 4.69) is 72.9 Å². The molecule has 0 radical (unpaired) electrons. The van der Waals surface area contributed by atoms with Crippen LogP contribution in [0.3, 0.4) is 0 Å². The lowest BCUT2D eigenvalue weighted by Crippen LogP contribution is -2.16. The number of halogens is 2. The van der Waals surface area contributed by atoms with Gasteiger partial charge < -0.3 is 10.1 Å². The highest BCUT2D eigenvalue weighted by Crippen LogP contribution is 2.39. The van der Waals surface area contributed by atoms with Crippen molar-refractivity contribution in [1.29, 1.82) is 0 Å². The van der Waals surface area contributed by atoms with Crippen LogP contribution < -0.4 is 10.7 Å². The van der Waals surface area contributed by atoms with E-state index in [0.29, 0.717) is 27.6 Å². The molecule has 2 aliphatic rings. The second-order valence-corrected chi connectivity index (χ2v) is 10.2. The number of benzene rings is 1. The Hall–Kier alpha value is -3.13. The van der Waals surface area contributed by atoms with E-state index in [1.807, 2.05) is 18.2 Å². The van der Waals surface area contributed by atoms with Crippen molar-refractivity contribution in [3.05, 3.63) is 76.3 Å². The highest BCUT2D eigenvalue weighted by atomic mass is 35.5. The first-order valence-corrected chi connectivity index (χ1v) is 13.4. The summed E-state index contributed by atoms with van der Waals surface area (Å²) in [6.07, 6.45) is 11.5. The summed E-state index contributed by atoms with van der Waals surface area (Å²) in [7, 11) is 0. The summed E-state index contributed by atoms with van der Waals surface area (Å²) in [6.45, 7) is 13.0. The van der Waals surface area contributed by atoms with Gasteiger partial charge >= 0.3 is 0 Å². The molecule has 0 saturated heterocycles. The summed E-state index contributed by atoms with van der Waals surface area (Å²) in [6, 6.07) is 5.09. The van der Waals surface area contributed by atoms with Gasteiger partial charge in [0.2, 0.25) is 0 Å². The molecule has 2 heterocycles. The minimum Gasteiger partial charge on any atom is -0.490 e. The Morgan fingerprint density at radius 1 is 1.35 bits per heavy atom. The maximum absolute atomic E-state index is 14.8. The summed E-state index contributed by atoms with van der Waals surface area (Å²) in [5.41, 5.74) is 5.43. The molecule has 200 valence electrons. The average molecular weight is 531 g/mol. The molecule has 3 N–H and O–H groups in total. The number of nitroso groups, excluding NO2 is 1. The Labute approximate surface area is 223 Å². The fourth-order valence-corrected chi connectivity index (χ4v) is 4.43. The molecule has 2 unspecified atom stereocenters. The van der Waals surface area contributed by atoms with Gasteiger partial charge in [-0.1, -0.05) is 46.4 Å². The number of hydrogen-bond acceptors (Lipinski definition) is 4. The van der Waals surface area contributed by atoms with E-state index < -0.39 is 5.82 Å². The second kappa shape index (κ2) is 12.4. The molecule has 0 bridgehead atoms. The van der Waals surface area contributed by atoms with E-state index in [0.717, 1.165) is 42.7 Å². The van der Waals surface area contributed by atoms with Crippen LogP contribution in [-0.2, 0) is 11.3 Å². The number of nitrogens with one attached hydrogen (secondary N) is 3. The van der Waals surface area contributed by atoms with Gasteiger partial charge in [0.15, 0.2) is 16.5 Å². The number of hydrazine groups is 1. The summed E-state index contributed by atoms with van der Waals surface area (Å²) < 4.78 is 21.3. The third-order valence-electron chi connectivity index (χ3n) is 6.64. The quantitative estimate of drug-likeness (QED) is 0.141. The maximum atomic E-state index is 14.8. The summed E-state index contributed by atoms with van der Waals surface area (Å²) in [5.74, 6) is 1.22. The normalized spacial score (nSPS) is 19.3.